The molecule has 0 heteroatoms. The van der Waals surface area contributed by atoms with Gasteiger partial charge in [0.15, 0.2) is 0 Å². The van der Waals surface area contributed by atoms with Crippen molar-refractivity contribution in [2.24, 2.45) is 22.7 Å². The highest BCUT2D eigenvalue weighted by atomic mass is 14.6. The fourth-order valence-electron chi connectivity index (χ4n) is 3.28. The Morgan fingerprint density at radius 2 is 2.07 bits per heavy atom. The standard InChI is InChI=1S/C14H22/c1-5-6-7-11-10-14(4)9-8-12(11)13(14,2)3/h6-9,11-12H,5,10H2,1-4H3. The molecular formula is C14H22. The average Bonchev–Trinajstić information content (AvgIpc) is 2.45. The molecule has 1 fully saturated rings. The number of hydrogen-bond donors (Lipinski definition) is 0. The maximum Gasteiger partial charge on any atom is -0.00836 e. The molecule has 0 amide bonds. The van der Waals surface area contributed by atoms with Gasteiger partial charge in [-0.3, -0.25) is 0 Å². The third-order valence-corrected chi connectivity index (χ3v) is 4.72. The van der Waals surface area contributed by atoms with E-state index in [1.165, 1.54) is 12.8 Å². The van der Waals surface area contributed by atoms with Gasteiger partial charge in [-0.25, -0.2) is 0 Å². The summed E-state index contributed by atoms with van der Waals surface area (Å²) in [6, 6.07) is 0. The van der Waals surface area contributed by atoms with Crippen LogP contribution in [0.15, 0.2) is 24.3 Å². The molecule has 14 heavy (non-hydrogen) atoms. The SMILES string of the molecule is CCC=CC1CC2(C)C=CC1C2(C)C. The highest BCUT2D eigenvalue weighted by Crippen LogP contribution is 2.64. The lowest BCUT2D eigenvalue weighted by Gasteiger charge is -2.33. The molecule has 0 aromatic heterocycles. The van der Waals surface area contributed by atoms with Gasteiger partial charge in [-0.15, -0.1) is 0 Å². The van der Waals surface area contributed by atoms with Crippen LogP contribution in [0.3, 0.4) is 0 Å². The van der Waals surface area contributed by atoms with Gasteiger partial charge in [-0.2, -0.15) is 0 Å². The third kappa shape index (κ3) is 1.12. The Bertz CT molecular complexity index is 282. The molecule has 0 N–H and O–H groups in total. The van der Waals surface area contributed by atoms with E-state index < -0.39 is 0 Å². The van der Waals surface area contributed by atoms with Gasteiger partial charge in [-0.1, -0.05) is 52.0 Å². The van der Waals surface area contributed by atoms with E-state index in [2.05, 4.69) is 52.0 Å². The molecule has 3 atom stereocenters. The molecule has 78 valence electrons. The van der Waals surface area contributed by atoms with Crippen molar-refractivity contribution in [2.45, 2.75) is 40.5 Å². The summed E-state index contributed by atoms with van der Waals surface area (Å²) in [7, 11) is 0. The zero-order chi connectivity index (χ0) is 10.4. The van der Waals surface area contributed by atoms with E-state index in [0.717, 1.165) is 11.8 Å². The molecule has 0 radical (unpaired) electrons. The predicted molar refractivity (Wildman–Crippen MR) is 62.1 cm³/mol. The lowest BCUT2D eigenvalue weighted by Crippen LogP contribution is -2.27. The minimum Gasteiger partial charge on any atom is -0.0885 e. The summed E-state index contributed by atoms with van der Waals surface area (Å²) in [4.78, 5) is 0. The van der Waals surface area contributed by atoms with E-state index in [4.69, 9.17) is 0 Å². The Morgan fingerprint density at radius 3 is 2.50 bits per heavy atom. The lowest BCUT2D eigenvalue weighted by molar-refractivity contribution is 0.180. The highest BCUT2D eigenvalue weighted by molar-refractivity contribution is 5.26. The Balaban J connectivity index is 2.23. The van der Waals surface area contributed by atoms with Crippen LogP contribution in [0, 0.1) is 22.7 Å². The number of fused-ring (bicyclic) bond motifs is 2. The number of allylic oxidation sites excluding steroid dienone is 4. The summed E-state index contributed by atoms with van der Waals surface area (Å²) < 4.78 is 0. The summed E-state index contributed by atoms with van der Waals surface area (Å²) in [5.41, 5.74) is 0.913. The Kier molecular flexibility index (Phi) is 2.13. The minimum absolute atomic E-state index is 0.445. The van der Waals surface area contributed by atoms with Crippen LogP contribution in [-0.2, 0) is 0 Å². The molecule has 0 aromatic carbocycles. The first kappa shape index (κ1) is 10.0. The fourth-order valence-corrected chi connectivity index (χ4v) is 3.28. The van der Waals surface area contributed by atoms with Gasteiger partial charge in [0.1, 0.15) is 0 Å². The van der Waals surface area contributed by atoms with Gasteiger partial charge < -0.3 is 0 Å². The van der Waals surface area contributed by atoms with E-state index >= 15 is 0 Å². The van der Waals surface area contributed by atoms with Crippen molar-refractivity contribution in [3.05, 3.63) is 24.3 Å². The van der Waals surface area contributed by atoms with Crippen LogP contribution in [0.4, 0.5) is 0 Å². The van der Waals surface area contributed by atoms with E-state index in [0.29, 0.717) is 10.8 Å². The van der Waals surface area contributed by atoms with Crippen molar-refractivity contribution in [2.75, 3.05) is 0 Å². The van der Waals surface area contributed by atoms with Gasteiger partial charge in [0.2, 0.25) is 0 Å². The molecule has 3 unspecified atom stereocenters. The van der Waals surface area contributed by atoms with Crippen molar-refractivity contribution in [3.8, 4) is 0 Å². The van der Waals surface area contributed by atoms with E-state index in [-0.39, 0.29) is 0 Å². The van der Waals surface area contributed by atoms with Gasteiger partial charge >= 0.3 is 0 Å². The molecule has 2 aliphatic rings. The average molecular weight is 190 g/mol. The zero-order valence-electron chi connectivity index (χ0n) is 9.88. The second-order valence-corrected chi connectivity index (χ2v) is 5.73. The van der Waals surface area contributed by atoms with Gasteiger partial charge in [0, 0.05) is 0 Å². The second-order valence-electron chi connectivity index (χ2n) is 5.73. The summed E-state index contributed by atoms with van der Waals surface area (Å²) in [6.07, 6.45) is 12.2. The molecule has 2 aliphatic carbocycles. The third-order valence-electron chi connectivity index (χ3n) is 4.72. The van der Waals surface area contributed by atoms with E-state index in [1.807, 2.05) is 0 Å². The first-order valence-corrected chi connectivity index (χ1v) is 5.87. The van der Waals surface area contributed by atoms with Crippen LogP contribution in [0.2, 0.25) is 0 Å². The van der Waals surface area contributed by atoms with Gasteiger partial charge in [-0.05, 0) is 35.5 Å². The Hall–Kier alpha value is -0.520. The molecule has 1 saturated carbocycles. The summed E-state index contributed by atoms with van der Waals surface area (Å²) in [5, 5.41) is 0. The minimum atomic E-state index is 0.445. The monoisotopic (exact) mass is 190 g/mol. The first-order valence-electron chi connectivity index (χ1n) is 5.87. The van der Waals surface area contributed by atoms with Crippen molar-refractivity contribution in [3.63, 3.8) is 0 Å². The molecule has 0 aromatic rings. The summed E-state index contributed by atoms with van der Waals surface area (Å²) in [6.45, 7) is 9.49. The number of hydrogen-bond acceptors (Lipinski definition) is 0. The van der Waals surface area contributed by atoms with Crippen LogP contribution in [0.1, 0.15) is 40.5 Å². The van der Waals surface area contributed by atoms with Crippen molar-refractivity contribution in [1.29, 1.82) is 0 Å². The first-order chi connectivity index (χ1) is 6.51. The van der Waals surface area contributed by atoms with Crippen LogP contribution in [0.25, 0.3) is 0 Å². The molecule has 0 aliphatic heterocycles. The van der Waals surface area contributed by atoms with Crippen molar-refractivity contribution in [1.82, 2.24) is 0 Å². The molecular weight excluding hydrogens is 168 g/mol. The van der Waals surface area contributed by atoms with Crippen LogP contribution < -0.4 is 0 Å². The summed E-state index contributed by atoms with van der Waals surface area (Å²) in [5.74, 6) is 1.57. The molecule has 0 nitrogen and oxygen atoms in total. The van der Waals surface area contributed by atoms with Crippen LogP contribution in [-0.4, -0.2) is 0 Å². The van der Waals surface area contributed by atoms with Crippen LogP contribution in [0.5, 0.6) is 0 Å². The molecule has 2 bridgehead atoms. The fraction of sp³-hybridized carbons (Fsp3) is 0.714. The lowest BCUT2D eigenvalue weighted by atomic mass is 9.70. The largest absolute Gasteiger partial charge is 0.0885 e. The van der Waals surface area contributed by atoms with E-state index in [9.17, 15) is 0 Å². The normalized spacial score (nSPS) is 44.0. The van der Waals surface area contributed by atoms with Gasteiger partial charge in [0.25, 0.3) is 0 Å². The highest BCUT2D eigenvalue weighted by Gasteiger charge is 2.56. The second kappa shape index (κ2) is 2.98. The molecule has 0 heterocycles. The molecule has 0 saturated heterocycles. The Morgan fingerprint density at radius 1 is 1.36 bits per heavy atom. The molecule has 0 spiro atoms. The van der Waals surface area contributed by atoms with Gasteiger partial charge in [0.05, 0.1) is 0 Å². The van der Waals surface area contributed by atoms with Crippen LogP contribution >= 0.6 is 0 Å². The zero-order valence-corrected chi connectivity index (χ0v) is 9.88. The Labute approximate surface area is 88.1 Å². The molecule has 2 rings (SSSR count). The van der Waals surface area contributed by atoms with Crippen molar-refractivity contribution >= 4 is 0 Å². The predicted octanol–water partition coefficient (Wildman–Crippen LogP) is 4.19. The quantitative estimate of drug-likeness (QED) is 0.573. The number of rotatable bonds is 2. The maximum atomic E-state index is 2.45. The topological polar surface area (TPSA) is 0 Å². The van der Waals surface area contributed by atoms with E-state index in [1.54, 1.807) is 0 Å². The maximum absolute atomic E-state index is 2.45. The smallest absolute Gasteiger partial charge is 0.00836 e. The summed E-state index contributed by atoms with van der Waals surface area (Å²) >= 11 is 0. The van der Waals surface area contributed by atoms with Crippen molar-refractivity contribution < 1.29 is 0 Å².